The maximum atomic E-state index is 3.46. The van der Waals surface area contributed by atoms with Gasteiger partial charge < -0.3 is 15.1 Å². The molecule has 0 spiro atoms. The van der Waals surface area contributed by atoms with Gasteiger partial charge in [0.1, 0.15) is 0 Å². The highest BCUT2D eigenvalue weighted by atomic mass is 15.1. The maximum absolute atomic E-state index is 3.46. The molecule has 0 saturated heterocycles. The number of hydrogen-bond acceptors (Lipinski definition) is 3. The zero-order valence-electron chi connectivity index (χ0n) is 13.2. The second-order valence-electron chi connectivity index (χ2n) is 5.62. The van der Waals surface area contributed by atoms with Crippen molar-refractivity contribution in [2.24, 2.45) is 0 Å². The summed E-state index contributed by atoms with van der Waals surface area (Å²) < 4.78 is 0. The number of nitrogens with one attached hydrogen (secondary N) is 1. The normalized spacial score (nSPS) is 11.7. The molecule has 0 aliphatic carbocycles. The Morgan fingerprint density at radius 1 is 0.722 bits per heavy atom. The van der Waals surface area contributed by atoms with Crippen molar-refractivity contribution in [2.45, 2.75) is 45.4 Å². The molecule has 0 bridgehead atoms. The monoisotopic (exact) mass is 257 g/mol. The fourth-order valence-corrected chi connectivity index (χ4v) is 2.06. The van der Waals surface area contributed by atoms with E-state index in [-0.39, 0.29) is 0 Å². The van der Waals surface area contributed by atoms with Crippen molar-refractivity contribution in [3.8, 4) is 0 Å². The Balaban J connectivity index is 3.12. The second kappa shape index (κ2) is 13.3. The highest BCUT2D eigenvalue weighted by Crippen LogP contribution is 2.01. The fraction of sp³-hybridized carbons (Fsp3) is 1.00. The topological polar surface area (TPSA) is 18.5 Å². The molecule has 0 heterocycles. The van der Waals surface area contributed by atoms with E-state index in [0.717, 1.165) is 0 Å². The predicted octanol–water partition coefficient (Wildman–Crippen LogP) is 2.43. The highest BCUT2D eigenvalue weighted by molar-refractivity contribution is 4.55. The minimum absolute atomic E-state index is 1.18. The minimum Gasteiger partial charge on any atom is -0.317 e. The molecule has 0 unspecified atom stereocenters. The van der Waals surface area contributed by atoms with Gasteiger partial charge in [-0.05, 0) is 79.6 Å². The molecule has 0 aromatic rings. The zero-order chi connectivity index (χ0) is 13.6. The van der Waals surface area contributed by atoms with Crippen molar-refractivity contribution < 1.29 is 0 Å². The van der Waals surface area contributed by atoms with Crippen molar-refractivity contribution in [2.75, 3.05) is 53.9 Å². The summed E-state index contributed by atoms with van der Waals surface area (Å²) in [6.45, 7) is 8.29. The van der Waals surface area contributed by atoms with Crippen molar-refractivity contribution >= 4 is 0 Å². The maximum Gasteiger partial charge on any atom is -0.000960 e. The Kier molecular flexibility index (Phi) is 13.2. The number of hydrogen-bond donors (Lipinski definition) is 1. The summed E-state index contributed by atoms with van der Waals surface area (Å²) in [4.78, 5) is 4.73. The van der Waals surface area contributed by atoms with E-state index in [1.165, 1.54) is 71.2 Å². The molecule has 0 atom stereocenters. The summed E-state index contributed by atoms with van der Waals surface area (Å²) in [5, 5.41) is 3.46. The van der Waals surface area contributed by atoms with E-state index in [1.54, 1.807) is 0 Å². The first kappa shape index (κ1) is 17.9. The van der Waals surface area contributed by atoms with E-state index in [0.29, 0.717) is 0 Å². The first-order valence-electron chi connectivity index (χ1n) is 7.70. The summed E-state index contributed by atoms with van der Waals surface area (Å²) in [6, 6.07) is 0. The number of unbranched alkanes of at least 4 members (excludes halogenated alkanes) is 3. The Morgan fingerprint density at radius 3 is 2.06 bits per heavy atom. The van der Waals surface area contributed by atoms with Crippen LogP contribution in [0, 0.1) is 0 Å². The lowest BCUT2D eigenvalue weighted by molar-refractivity contribution is 0.294. The van der Waals surface area contributed by atoms with Gasteiger partial charge in [-0.25, -0.2) is 0 Å². The van der Waals surface area contributed by atoms with Gasteiger partial charge in [0.15, 0.2) is 0 Å². The zero-order valence-corrected chi connectivity index (χ0v) is 13.2. The first-order chi connectivity index (χ1) is 8.66. The Morgan fingerprint density at radius 2 is 1.39 bits per heavy atom. The van der Waals surface area contributed by atoms with E-state index in [9.17, 15) is 0 Å². The molecule has 0 aromatic carbocycles. The number of rotatable bonds is 13. The summed E-state index contributed by atoms with van der Waals surface area (Å²) in [7, 11) is 6.54. The SMILES string of the molecule is CCCNCCCCCCN(C)CCCN(C)C. The standard InChI is InChI=1S/C15H35N3/c1-5-11-16-12-8-6-7-9-14-18(4)15-10-13-17(2)3/h16H,5-15H2,1-4H3. The first-order valence-corrected chi connectivity index (χ1v) is 7.70. The van der Waals surface area contributed by atoms with E-state index >= 15 is 0 Å². The molecule has 3 nitrogen and oxygen atoms in total. The van der Waals surface area contributed by atoms with Crippen LogP contribution in [0.25, 0.3) is 0 Å². The summed E-state index contributed by atoms with van der Waals surface area (Å²) in [6.07, 6.45) is 7.98. The van der Waals surface area contributed by atoms with Gasteiger partial charge in [0.25, 0.3) is 0 Å². The van der Waals surface area contributed by atoms with Crippen LogP contribution in [0.5, 0.6) is 0 Å². The van der Waals surface area contributed by atoms with Crippen LogP contribution >= 0.6 is 0 Å². The molecule has 0 radical (unpaired) electrons. The molecule has 1 N–H and O–H groups in total. The second-order valence-corrected chi connectivity index (χ2v) is 5.62. The lowest BCUT2D eigenvalue weighted by Crippen LogP contribution is -2.24. The largest absolute Gasteiger partial charge is 0.317 e. The van der Waals surface area contributed by atoms with Crippen LogP contribution in [0.1, 0.15) is 45.4 Å². The molecule has 0 amide bonds. The molecular formula is C15H35N3. The van der Waals surface area contributed by atoms with Crippen LogP contribution in [-0.2, 0) is 0 Å². The van der Waals surface area contributed by atoms with Gasteiger partial charge in [0.05, 0.1) is 0 Å². The molecule has 0 aliphatic heterocycles. The molecule has 110 valence electrons. The smallest absolute Gasteiger partial charge is 0.000960 e. The average Bonchev–Trinajstić information content (AvgIpc) is 2.32. The highest BCUT2D eigenvalue weighted by Gasteiger charge is 1.98. The molecule has 18 heavy (non-hydrogen) atoms. The van der Waals surface area contributed by atoms with Gasteiger partial charge in [-0.3, -0.25) is 0 Å². The van der Waals surface area contributed by atoms with Crippen LogP contribution in [-0.4, -0.2) is 63.7 Å². The molecule has 0 rings (SSSR count). The quantitative estimate of drug-likeness (QED) is 0.511. The van der Waals surface area contributed by atoms with E-state index in [1.807, 2.05) is 0 Å². The van der Waals surface area contributed by atoms with Gasteiger partial charge in [-0.1, -0.05) is 19.8 Å². The molecule has 0 aliphatic rings. The van der Waals surface area contributed by atoms with Gasteiger partial charge >= 0.3 is 0 Å². The fourth-order valence-electron chi connectivity index (χ4n) is 2.06. The summed E-state index contributed by atoms with van der Waals surface area (Å²) >= 11 is 0. The average molecular weight is 257 g/mol. The molecular weight excluding hydrogens is 222 g/mol. The van der Waals surface area contributed by atoms with Gasteiger partial charge in [-0.15, -0.1) is 0 Å². The van der Waals surface area contributed by atoms with Gasteiger partial charge in [0, 0.05) is 0 Å². The summed E-state index contributed by atoms with van der Waals surface area (Å²) in [5.74, 6) is 0. The lowest BCUT2D eigenvalue weighted by Gasteiger charge is -2.17. The van der Waals surface area contributed by atoms with E-state index in [2.05, 4.69) is 43.2 Å². The number of nitrogens with zero attached hydrogens (tertiary/aromatic N) is 2. The van der Waals surface area contributed by atoms with Crippen LogP contribution in [0.4, 0.5) is 0 Å². The molecule has 0 saturated carbocycles. The molecule has 0 fully saturated rings. The van der Waals surface area contributed by atoms with Crippen molar-refractivity contribution in [3.63, 3.8) is 0 Å². The van der Waals surface area contributed by atoms with E-state index < -0.39 is 0 Å². The van der Waals surface area contributed by atoms with Crippen molar-refractivity contribution in [1.82, 2.24) is 15.1 Å². The minimum atomic E-state index is 1.18. The Bertz CT molecular complexity index is 160. The van der Waals surface area contributed by atoms with Crippen LogP contribution in [0.2, 0.25) is 0 Å². The Hall–Kier alpha value is -0.120. The van der Waals surface area contributed by atoms with Crippen molar-refractivity contribution in [1.29, 1.82) is 0 Å². The molecule has 0 aromatic heterocycles. The van der Waals surface area contributed by atoms with Crippen molar-refractivity contribution in [3.05, 3.63) is 0 Å². The van der Waals surface area contributed by atoms with E-state index in [4.69, 9.17) is 0 Å². The summed E-state index contributed by atoms with van der Waals surface area (Å²) in [5.41, 5.74) is 0. The van der Waals surface area contributed by atoms with Gasteiger partial charge in [-0.2, -0.15) is 0 Å². The van der Waals surface area contributed by atoms with Crippen LogP contribution in [0.15, 0.2) is 0 Å². The third-order valence-electron chi connectivity index (χ3n) is 3.22. The van der Waals surface area contributed by atoms with Crippen LogP contribution < -0.4 is 5.32 Å². The predicted molar refractivity (Wildman–Crippen MR) is 82.3 cm³/mol. The molecule has 3 heteroatoms. The van der Waals surface area contributed by atoms with Gasteiger partial charge in [0.2, 0.25) is 0 Å². The third kappa shape index (κ3) is 13.9. The van der Waals surface area contributed by atoms with Crippen LogP contribution in [0.3, 0.4) is 0 Å². The lowest BCUT2D eigenvalue weighted by atomic mass is 10.2. The Labute approximate surface area is 115 Å². The third-order valence-corrected chi connectivity index (χ3v) is 3.22.